The first kappa shape index (κ1) is 13.0. The van der Waals surface area contributed by atoms with Crippen LogP contribution < -0.4 is 5.32 Å². The third-order valence-corrected chi connectivity index (χ3v) is 3.92. The van der Waals surface area contributed by atoms with Gasteiger partial charge in [0.05, 0.1) is 0 Å². The van der Waals surface area contributed by atoms with E-state index in [0.717, 1.165) is 25.2 Å². The summed E-state index contributed by atoms with van der Waals surface area (Å²) in [5.74, 6) is 0.520. The molecule has 3 unspecified atom stereocenters. The Kier molecular flexibility index (Phi) is 3.94. The SMILES string of the molecule is CC1CCC(NC(=O)c2ccnc(F)c2)CC1C. The van der Waals surface area contributed by atoms with Crippen LogP contribution in [0.4, 0.5) is 4.39 Å². The largest absolute Gasteiger partial charge is 0.349 e. The number of halogens is 1. The van der Waals surface area contributed by atoms with Crippen LogP contribution in [0.25, 0.3) is 0 Å². The highest BCUT2D eigenvalue weighted by Crippen LogP contribution is 2.29. The van der Waals surface area contributed by atoms with Crippen molar-refractivity contribution in [3.63, 3.8) is 0 Å². The number of carbonyl (C=O) groups excluding carboxylic acids is 1. The summed E-state index contributed by atoms with van der Waals surface area (Å²) in [7, 11) is 0. The fourth-order valence-corrected chi connectivity index (χ4v) is 2.49. The molecular formula is C14H19FN2O. The van der Waals surface area contributed by atoms with Crippen molar-refractivity contribution in [3.8, 4) is 0 Å². The molecule has 3 nitrogen and oxygen atoms in total. The van der Waals surface area contributed by atoms with Crippen LogP contribution in [0.3, 0.4) is 0 Å². The first-order valence-corrected chi connectivity index (χ1v) is 6.48. The average molecular weight is 250 g/mol. The van der Waals surface area contributed by atoms with E-state index >= 15 is 0 Å². The second-order valence-corrected chi connectivity index (χ2v) is 5.31. The Morgan fingerprint density at radius 1 is 1.39 bits per heavy atom. The van der Waals surface area contributed by atoms with Gasteiger partial charge in [0.1, 0.15) is 0 Å². The normalized spacial score (nSPS) is 27.8. The van der Waals surface area contributed by atoms with Gasteiger partial charge in [-0.3, -0.25) is 4.79 Å². The number of aromatic nitrogens is 1. The number of hydrogen-bond donors (Lipinski definition) is 1. The monoisotopic (exact) mass is 250 g/mol. The van der Waals surface area contributed by atoms with Crippen LogP contribution in [0.2, 0.25) is 0 Å². The lowest BCUT2D eigenvalue weighted by Crippen LogP contribution is -2.39. The fourth-order valence-electron chi connectivity index (χ4n) is 2.49. The Balaban J connectivity index is 1.96. The van der Waals surface area contributed by atoms with Crippen molar-refractivity contribution in [3.05, 3.63) is 29.8 Å². The summed E-state index contributed by atoms with van der Waals surface area (Å²) in [6, 6.07) is 2.91. The van der Waals surface area contributed by atoms with E-state index in [1.165, 1.54) is 18.3 Å². The van der Waals surface area contributed by atoms with Crippen LogP contribution in [-0.4, -0.2) is 16.9 Å². The van der Waals surface area contributed by atoms with Gasteiger partial charge in [-0.15, -0.1) is 0 Å². The van der Waals surface area contributed by atoms with Crippen molar-refractivity contribution in [2.45, 2.75) is 39.2 Å². The summed E-state index contributed by atoms with van der Waals surface area (Å²) >= 11 is 0. The first-order chi connectivity index (χ1) is 8.56. The van der Waals surface area contributed by atoms with Gasteiger partial charge in [0, 0.05) is 23.9 Å². The average Bonchev–Trinajstić information content (AvgIpc) is 2.34. The topological polar surface area (TPSA) is 42.0 Å². The van der Waals surface area contributed by atoms with Gasteiger partial charge in [0.15, 0.2) is 0 Å². The van der Waals surface area contributed by atoms with Gasteiger partial charge in [0.2, 0.25) is 5.95 Å². The number of pyridine rings is 1. The van der Waals surface area contributed by atoms with E-state index in [1.807, 2.05) is 0 Å². The van der Waals surface area contributed by atoms with Crippen LogP contribution in [0.15, 0.2) is 18.3 Å². The summed E-state index contributed by atoms with van der Waals surface area (Å²) < 4.78 is 12.9. The summed E-state index contributed by atoms with van der Waals surface area (Å²) in [5.41, 5.74) is 0.341. The molecule has 98 valence electrons. The first-order valence-electron chi connectivity index (χ1n) is 6.48. The van der Waals surface area contributed by atoms with Crippen molar-refractivity contribution in [2.75, 3.05) is 0 Å². The summed E-state index contributed by atoms with van der Waals surface area (Å²) in [6.07, 6.45) is 4.46. The summed E-state index contributed by atoms with van der Waals surface area (Å²) in [6.45, 7) is 4.47. The minimum Gasteiger partial charge on any atom is -0.349 e. The molecule has 0 spiro atoms. The zero-order valence-corrected chi connectivity index (χ0v) is 10.8. The number of amides is 1. The number of carbonyl (C=O) groups is 1. The van der Waals surface area contributed by atoms with Crippen LogP contribution >= 0.6 is 0 Å². The van der Waals surface area contributed by atoms with Crippen LogP contribution in [-0.2, 0) is 0 Å². The standard InChI is InChI=1S/C14H19FN2O/c1-9-3-4-12(7-10(9)2)17-14(18)11-5-6-16-13(15)8-11/h5-6,8-10,12H,3-4,7H2,1-2H3,(H,17,18). The van der Waals surface area contributed by atoms with Crippen LogP contribution in [0, 0.1) is 17.8 Å². The van der Waals surface area contributed by atoms with Gasteiger partial charge in [-0.2, -0.15) is 4.39 Å². The molecule has 1 fully saturated rings. The van der Waals surface area contributed by atoms with Crippen molar-refractivity contribution in [2.24, 2.45) is 11.8 Å². The van der Waals surface area contributed by atoms with Gasteiger partial charge in [-0.1, -0.05) is 13.8 Å². The lowest BCUT2D eigenvalue weighted by Gasteiger charge is -2.32. The fraction of sp³-hybridized carbons (Fsp3) is 0.571. The number of nitrogens with one attached hydrogen (secondary N) is 1. The predicted octanol–water partition coefficient (Wildman–Crippen LogP) is 2.78. The molecule has 1 amide bonds. The van der Waals surface area contributed by atoms with E-state index in [1.54, 1.807) is 0 Å². The van der Waals surface area contributed by atoms with Gasteiger partial charge in [0.25, 0.3) is 5.91 Å². The second-order valence-electron chi connectivity index (χ2n) is 5.31. The third-order valence-electron chi connectivity index (χ3n) is 3.92. The lowest BCUT2D eigenvalue weighted by atomic mass is 9.79. The molecule has 0 aliphatic heterocycles. The van der Waals surface area contributed by atoms with Crippen LogP contribution in [0.1, 0.15) is 43.5 Å². The van der Waals surface area contributed by atoms with Crippen LogP contribution in [0.5, 0.6) is 0 Å². The number of hydrogen-bond acceptors (Lipinski definition) is 2. The Labute approximate surface area is 107 Å². The molecule has 1 aromatic heterocycles. The van der Waals surface area contributed by atoms with E-state index in [9.17, 15) is 9.18 Å². The van der Waals surface area contributed by atoms with Crippen molar-refractivity contribution in [1.82, 2.24) is 10.3 Å². The molecule has 1 aliphatic rings. The maximum absolute atomic E-state index is 12.9. The molecule has 0 bridgehead atoms. The molecule has 1 aromatic rings. The van der Waals surface area contributed by atoms with Gasteiger partial charge in [-0.25, -0.2) is 4.98 Å². The lowest BCUT2D eigenvalue weighted by molar-refractivity contribution is 0.0910. The molecule has 3 atom stereocenters. The van der Waals surface area contributed by atoms with Crippen molar-refractivity contribution < 1.29 is 9.18 Å². The van der Waals surface area contributed by atoms with E-state index < -0.39 is 5.95 Å². The second kappa shape index (κ2) is 5.46. The van der Waals surface area contributed by atoms with Gasteiger partial charge < -0.3 is 5.32 Å². The number of nitrogens with zero attached hydrogens (tertiary/aromatic N) is 1. The van der Waals surface area contributed by atoms with E-state index in [0.29, 0.717) is 11.5 Å². The Morgan fingerprint density at radius 2 is 2.17 bits per heavy atom. The van der Waals surface area contributed by atoms with Gasteiger partial charge >= 0.3 is 0 Å². The molecule has 1 aliphatic carbocycles. The third kappa shape index (κ3) is 3.06. The Morgan fingerprint density at radius 3 is 2.83 bits per heavy atom. The summed E-state index contributed by atoms with van der Waals surface area (Å²) in [5, 5.41) is 2.98. The van der Waals surface area contributed by atoms with Crippen molar-refractivity contribution >= 4 is 5.91 Å². The molecular weight excluding hydrogens is 231 g/mol. The molecule has 0 saturated heterocycles. The molecule has 18 heavy (non-hydrogen) atoms. The number of rotatable bonds is 2. The van der Waals surface area contributed by atoms with Crippen molar-refractivity contribution in [1.29, 1.82) is 0 Å². The molecule has 1 heterocycles. The van der Waals surface area contributed by atoms with E-state index in [2.05, 4.69) is 24.1 Å². The molecule has 0 aromatic carbocycles. The molecule has 1 N–H and O–H groups in total. The molecule has 1 saturated carbocycles. The molecule has 0 radical (unpaired) electrons. The van der Waals surface area contributed by atoms with Gasteiger partial charge in [-0.05, 0) is 37.2 Å². The minimum atomic E-state index is -0.617. The predicted molar refractivity (Wildman–Crippen MR) is 67.6 cm³/mol. The maximum Gasteiger partial charge on any atom is 0.251 e. The molecule has 2 rings (SSSR count). The minimum absolute atomic E-state index is 0.206. The molecule has 4 heteroatoms. The quantitative estimate of drug-likeness (QED) is 0.820. The van der Waals surface area contributed by atoms with E-state index in [-0.39, 0.29) is 11.9 Å². The highest BCUT2D eigenvalue weighted by molar-refractivity contribution is 5.94. The summed E-state index contributed by atoms with van der Waals surface area (Å²) in [4.78, 5) is 15.4. The highest BCUT2D eigenvalue weighted by atomic mass is 19.1. The Hall–Kier alpha value is -1.45. The smallest absolute Gasteiger partial charge is 0.251 e. The zero-order valence-electron chi connectivity index (χ0n) is 10.8. The highest BCUT2D eigenvalue weighted by Gasteiger charge is 2.25. The Bertz CT molecular complexity index is 436. The van der Waals surface area contributed by atoms with E-state index in [4.69, 9.17) is 0 Å². The zero-order chi connectivity index (χ0) is 13.1. The maximum atomic E-state index is 12.9.